The van der Waals surface area contributed by atoms with Gasteiger partial charge in [0.05, 0.1) is 11.9 Å². The molecule has 2 atom stereocenters. The molecule has 2 fully saturated rings. The third kappa shape index (κ3) is 3.76. The van der Waals surface area contributed by atoms with E-state index in [9.17, 15) is 4.79 Å². The van der Waals surface area contributed by atoms with Crippen molar-refractivity contribution >= 4 is 18.3 Å². The number of rotatable bonds is 3. The van der Waals surface area contributed by atoms with E-state index in [4.69, 9.17) is 5.73 Å². The van der Waals surface area contributed by atoms with Crippen LogP contribution >= 0.6 is 12.4 Å². The van der Waals surface area contributed by atoms with Crippen molar-refractivity contribution in [1.29, 1.82) is 0 Å². The number of nitrogens with zero attached hydrogens (tertiary/aromatic N) is 3. The Morgan fingerprint density at radius 3 is 2.69 bits per heavy atom. The number of nitrogens with two attached hydrogens (primary N) is 1. The van der Waals surface area contributed by atoms with Gasteiger partial charge in [0.25, 0.3) is 5.91 Å². The Hall–Kier alpha value is -1.92. The highest BCUT2D eigenvalue weighted by molar-refractivity contribution is 5.92. The third-order valence-electron chi connectivity index (χ3n) is 5.67. The van der Waals surface area contributed by atoms with Crippen LogP contribution in [0.25, 0.3) is 5.69 Å². The summed E-state index contributed by atoms with van der Waals surface area (Å²) >= 11 is 0. The first-order chi connectivity index (χ1) is 12.1. The highest BCUT2D eigenvalue weighted by Crippen LogP contribution is 2.39. The number of fused-ring (bicyclic) bond motifs is 2. The van der Waals surface area contributed by atoms with Crippen LogP contribution in [0.3, 0.4) is 0 Å². The number of carbonyl (C=O) groups is 1. The smallest absolute Gasteiger partial charge is 0.273 e. The SMILES string of the molecule is Cc1cccc(-n2cc(C(=O)NC3C4CCCC3CC(N)C4)nn2)c1.Cl. The first kappa shape index (κ1) is 18.9. The normalized spacial score (nSPS) is 27.5. The summed E-state index contributed by atoms with van der Waals surface area (Å²) in [5.41, 5.74) is 8.59. The molecule has 2 unspecified atom stereocenters. The Bertz CT molecular complexity index is 763. The van der Waals surface area contributed by atoms with Crippen molar-refractivity contribution in [3.05, 3.63) is 41.7 Å². The van der Waals surface area contributed by atoms with Gasteiger partial charge in [0.2, 0.25) is 0 Å². The lowest BCUT2D eigenvalue weighted by molar-refractivity contribution is 0.0751. The molecule has 0 saturated heterocycles. The molecule has 1 aromatic heterocycles. The number of nitrogens with one attached hydrogen (secondary N) is 1. The van der Waals surface area contributed by atoms with Crippen LogP contribution in [-0.4, -0.2) is 33.0 Å². The lowest BCUT2D eigenvalue weighted by Crippen LogP contribution is -2.53. The molecule has 0 radical (unpaired) electrons. The molecule has 2 aliphatic rings. The van der Waals surface area contributed by atoms with E-state index in [2.05, 4.69) is 15.6 Å². The zero-order chi connectivity index (χ0) is 17.4. The van der Waals surface area contributed by atoms with E-state index in [1.807, 2.05) is 31.2 Å². The van der Waals surface area contributed by atoms with Crippen molar-refractivity contribution in [2.24, 2.45) is 17.6 Å². The number of aromatic nitrogens is 3. The molecular weight excluding hydrogens is 350 g/mol. The Morgan fingerprint density at radius 1 is 1.27 bits per heavy atom. The van der Waals surface area contributed by atoms with Gasteiger partial charge >= 0.3 is 0 Å². The summed E-state index contributed by atoms with van der Waals surface area (Å²) in [6.07, 6.45) is 7.29. The number of carbonyl (C=O) groups excluding carboxylic acids is 1. The lowest BCUT2D eigenvalue weighted by Gasteiger charge is -2.45. The van der Waals surface area contributed by atoms with Crippen LogP contribution in [-0.2, 0) is 0 Å². The Kier molecular flexibility index (Phi) is 5.63. The van der Waals surface area contributed by atoms with Crippen molar-refractivity contribution in [3.63, 3.8) is 0 Å². The molecule has 2 aliphatic carbocycles. The molecule has 2 saturated carbocycles. The van der Waals surface area contributed by atoms with Gasteiger partial charge in [-0.1, -0.05) is 23.8 Å². The van der Waals surface area contributed by atoms with Crippen LogP contribution in [0.5, 0.6) is 0 Å². The average Bonchev–Trinajstić information content (AvgIpc) is 3.06. The predicted molar refractivity (Wildman–Crippen MR) is 103 cm³/mol. The van der Waals surface area contributed by atoms with E-state index in [-0.39, 0.29) is 30.4 Å². The van der Waals surface area contributed by atoms with Crippen molar-refractivity contribution in [2.75, 3.05) is 0 Å². The average molecular weight is 376 g/mol. The van der Waals surface area contributed by atoms with E-state index in [1.54, 1.807) is 10.9 Å². The summed E-state index contributed by atoms with van der Waals surface area (Å²) in [5.74, 6) is 0.868. The summed E-state index contributed by atoms with van der Waals surface area (Å²) in [4.78, 5) is 12.7. The fraction of sp³-hybridized carbons (Fsp3) is 0.526. The van der Waals surface area contributed by atoms with Gasteiger partial charge in [0.1, 0.15) is 0 Å². The molecule has 6 nitrogen and oxygen atoms in total. The van der Waals surface area contributed by atoms with E-state index < -0.39 is 0 Å². The van der Waals surface area contributed by atoms with Crippen LogP contribution < -0.4 is 11.1 Å². The van der Waals surface area contributed by atoms with Gasteiger partial charge < -0.3 is 11.1 Å². The number of hydrogen-bond acceptors (Lipinski definition) is 4. The van der Waals surface area contributed by atoms with Gasteiger partial charge in [-0.2, -0.15) is 0 Å². The predicted octanol–water partition coefficient (Wildman–Crippen LogP) is 2.63. The van der Waals surface area contributed by atoms with Gasteiger partial charge in [0, 0.05) is 12.1 Å². The van der Waals surface area contributed by atoms with Crippen molar-refractivity contribution in [2.45, 2.75) is 51.1 Å². The molecule has 140 valence electrons. The standard InChI is InChI=1S/C19H25N5O.ClH/c1-12-4-2-7-16(8-12)24-11-17(22-23-24)19(25)21-18-13-5-3-6-14(18)10-15(20)9-13;/h2,4,7-8,11,13-15,18H,3,5-6,9-10,20H2,1H3,(H,21,25);1H. The second-order valence-electron chi connectivity index (χ2n) is 7.57. The van der Waals surface area contributed by atoms with Gasteiger partial charge in [-0.25, -0.2) is 4.68 Å². The number of hydrogen-bond donors (Lipinski definition) is 2. The van der Waals surface area contributed by atoms with E-state index >= 15 is 0 Å². The van der Waals surface area contributed by atoms with Gasteiger partial charge in [-0.05, 0) is 62.1 Å². The van der Waals surface area contributed by atoms with Crippen LogP contribution in [0, 0.1) is 18.8 Å². The number of amides is 1. The molecule has 3 N–H and O–H groups in total. The van der Waals surface area contributed by atoms with E-state index in [0.29, 0.717) is 17.5 Å². The maximum Gasteiger partial charge on any atom is 0.273 e. The second kappa shape index (κ2) is 7.76. The first-order valence-electron chi connectivity index (χ1n) is 9.16. The lowest BCUT2D eigenvalue weighted by atomic mass is 9.67. The minimum absolute atomic E-state index is 0. The fourth-order valence-electron chi connectivity index (χ4n) is 4.51. The molecule has 2 bridgehead atoms. The van der Waals surface area contributed by atoms with Crippen LogP contribution in [0.15, 0.2) is 30.5 Å². The molecule has 4 rings (SSSR count). The highest BCUT2D eigenvalue weighted by Gasteiger charge is 2.40. The summed E-state index contributed by atoms with van der Waals surface area (Å²) in [6, 6.07) is 8.48. The molecule has 1 aromatic carbocycles. The molecule has 26 heavy (non-hydrogen) atoms. The summed E-state index contributed by atoms with van der Waals surface area (Å²) in [7, 11) is 0. The summed E-state index contributed by atoms with van der Waals surface area (Å²) in [6.45, 7) is 2.03. The topological polar surface area (TPSA) is 85.8 Å². The van der Waals surface area contributed by atoms with Crippen molar-refractivity contribution in [3.8, 4) is 5.69 Å². The molecule has 2 aromatic rings. The largest absolute Gasteiger partial charge is 0.347 e. The Morgan fingerprint density at radius 2 is 2.00 bits per heavy atom. The van der Waals surface area contributed by atoms with Crippen LogP contribution in [0.4, 0.5) is 0 Å². The maximum absolute atomic E-state index is 12.7. The number of benzene rings is 1. The van der Waals surface area contributed by atoms with Gasteiger partial charge in [0.15, 0.2) is 5.69 Å². The number of halogens is 1. The highest BCUT2D eigenvalue weighted by atomic mass is 35.5. The first-order valence-corrected chi connectivity index (χ1v) is 9.16. The minimum atomic E-state index is -0.128. The quantitative estimate of drug-likeness (QED) is 0.863. The molecule has 0 aliphatic heterocycles. The fourth-order valence-corrected chi connectivity index (χ4v) is 4.51. The molecule has 1 amide bonds. The monoisotopic (exact) mass is 375 g/mol. The third-order valence-corrected chi connectivity index (χ3v) is 5.67. The summed E-state index contributed by atoms with van der Waals surface area (Å²) in [5, 5.41) is 11.4. The van der Waals surface area contributed by atoms with Crippen LogP contribution in [0.1, 0.15) is 48.2 Å². The molecule has 0 spiro atoms. The van der Waals surface area contributed by atoms with Crippen molar-refractivity contribution < 1.29 is 4.79 Å². The Labute approximate surface area is 159 Å². The number of aryl methyl sites for hydroxylation is 1. The zero-order valence-electron chi connectivity index (χ0n) is 15.0. The molecule has 1 heterocycles. The van der Waals surface area contributed by atoms with E-state index in [0.717, 1.165) is 36.9 Å². The van der Waals surface area contributed by atoms with Gasteiger partial charge in [-0.3, -0.25) is 4.79 Å². The van der Waals surface area contributed by atoms with Gasteiger partial charge in [-0.15, -0.1) is 17.5 Å². The summed E-state index contributed by atoms with van der Waals surface area (Å²) < 4.78 is 1.65. The zero-order valence-corrected chi connectivity index (χ0v) is 15.8. The molecule has 7 heteroatoms. The van der Waals surface area contributed by atoms with Crippen LogP contribution in [0.2, 0.25) is 0 Å². The maximum atomic E-state index is 12.7. The minimum Gasteiger partial charge on any atom is -0.347 e. The van der Waals surface area contributed by atoms with E-state index in [1.165, 1.54) is 6.42 Å². The van der Waals surface area contributed by atoms with Crippen molar-refractivity contribution in [1.82, 2.24) is 20.3 Å². The second-order valence-corrected chi connectivity index (χ2v) is 7.57. The Balaban J connectivity index is 0.00000196. The molecular formula is C19H26ClN5O.